The van der Waals surface area contributed by atoms with Crippen LogP contribution < -0.4 is 0 Å². The standard InChI is InChI=1S/C15H13ClN2O2S/c1-9-11(4-3-5-12(9)16)15-17-13-7-6-10(21(2,19)20)8-14(13)18-15/h3-8H,1-2H3,(H,17,18). The average Bonchev–Trinajstić information content (AvgIpc) is 2.83. The van der Waals surface area contributed by atoms with E-state index in [4.69, 9.17) is 11.6 Å². The number of rotatable bonds is 2. The van der Waals surface area contributed by atoms with Crippen molar-refractivity contribution in [1.29, 1.82) is 0 Å². The van der Waals surface area contributed by atoms with Gasteiger partial charge in [0.1, 0.15) is 5.82 Å². The largest absolute Gasteiger partial charge is 0.338 e. The highest BCUT2D eigenvalue weighted by Gasteiger charge is 2.12. The summed E-state index contributed by atoms with van der Waals surface area (Å²) in [5.41, 5.74) is 3.24. The van der Waals surface area contributed by atoms with Gasteiger partial charge in [-0.3, -0.25) is 0 Å². The van der Waals surface area contributed by atoms with Crippen LogP contribution in [0.25, 0.3) is 22.4 Å². The van der Waals surface area contributed by atoms with E-state index >= 15 is 0 Å². The van der Waals surface area contributed by atoms with Gasteiger partial charge in [-0.2, -0.15) is 0 Å². The number of halogens is 1. The van der Waals surface area contributed by atoms with Crippen molar-refractivity contribution >= 4 is 32.5 Å². The van der Waals surface area contributed by atoms with Gasteiger partial charge in [0.25, 0.3) is 0 Å². The van der Waals surface area contributed by atoms with Crippen LogP contribution in [0, 0.1) is 6.92 Å². The molecule has 0 aliphatic carbocycles. The molecule has 4 nitrogen and oxygen atoms in total. The molecule has 1 heterocycles. The molecule has 3 aromatic rings. The Labute approximate surface area is 127 Å². The molecule has 0 saturated carbocycles. The van der Waals surface area contributed by atoms with Crippen molar-refractivity contribution < 1.29 is 8.42 Å². The summed E-state index contributed by atoms with van der Waals surface area (Å²) in [6.45, 7) is 1.92. The Morgan fingerprint density at radius 3 is 2.67 bits per heavy atom. The van der Waals surface area contributed by atoms with Gasteiger partial charge in [-0.25, -0.2) is 13.4 Å². The summed E-state index contributed by atoms with van der Waals surface area (Å²) in [7, 11) is -3.23. The molecule has 1 aromatic heterocycles. The van der Waals surface area contributed by atoms with Crippen molar-refractivity contribution in [1.82, 2.24) is 9.97 Å². The molecule has 1 N–H and O–H groups in total. The second-order valence-electron chi connectivity index (χ2n) is 4.95. The lowest BCUT2D eigenvalue weighted by Gasteiger charge is -2.03. The molecule has 0 bridgehead atoms. The smallest absolute Gasteiger partial charge is 0.175 e. The summed E-state index contributed by atoms with van der Waals surface area (Å²) in [6, 6.07) is 10.5. The fraction of sp³-hybridized carbons (Fsp3) is 0.133. The van der Waals surface area contributed by atoms with Crippen LogP contribution in [0.15, 0.2) is 41.3 Å². The Morgan fingerprint density at radius 1 is 1.19 bits per heavy atom. The van der Waals surface area contributed by atoms with Crippen molar-refractivity contribution in [3.8, 4) is 11.4 Å². The number of hydrogen-bond acceptors (Lipinski definition) is 3. The number of nitrogens with one attached hydrogen (secondary N) is 1. The Balaban J connectivity index is 2.20. The maximum atomic E-state index is 11.6. The van der Waals surface area contributed by atoms with E-state index in [-0.39, 0.29) is 4.90 Å². The minimum atomic E-state index is -3.23. The zero-order valence-electron chi connectivity index (χ0n) is 11.5. The SMILES string of the molecule is Cc1c(Cl)cccc1-c1nc2ccc(S(C)(=O)=O)cc2[nH]1. The highest BCUT2D eigenvalue weighted by molar-refractivity contribution is 7.90. The molecule has 0 atom stereocenters. The van der Waals surface area contributed by atoms with Gasteiger partial charge in [0.15, 0.2) is 9.84 Å². The van der Waals surface area contributed by atoms with E-state index in [1.165, 1.54) is 6.26 Å². The average molecular weight is 321 g/mol. The Hall–Kier alpha value is -1.85. The summed E-state index contributed by atoms with van der Waals surface area (Å²) < 4.78 is 23.2. The number of sulfone groups is 1. The highest BCUT2D eigenvalue weighted by Crippen LogP contribution is 2.28. The fourth-order valence-electron chi connectivity index (χ4n) is 2.21. The van der Waals surface area contributed by atoms with E-state index in [0.29, 0.717) is 16.4 Å². The molecule has 21 heavy (non-hydrogen) atoms. The van der Waals surface area contributed by atoms with Crippen molar-refractivity contribution in [2.24, 2.45) is 0 Å². The first-order valence-corrected chi connectivity index (χ1v) is 8.58. The molecule has 0 fully saturated rings. The van der Waals surface area contributed by atoms with Crippen molar-refractivity contribution in [3.05, 3.63) is 47.0 Å². The van der Waals surface area contributed by atoms with Gasteiger partial charge < -0.3 is 4.98 Å². The maximum Gasteiger partial charge on any atom is 0.175 e. The second-order valence-corrected chi connectivity index (χ2v) is 7.37. The Morgan fingerprint density at radius 2 is 1.95 bits per heavy atom. The van der Waals surface area contributed by atoms with Crippen molar-refractivity contribution in [2.75, 3.05) is 6.26 Å². The number of imidazole rings is 1. The Bertz CT molecular complexity index is 945. The van der Waals surface area contributed by atoms with Crippen LogP contribution in [-0.4, -0.2) is 24.6 Å². The summed E-state index contributed by atoms with van der Waals surface area (Å²) in [6.07, 6.45) is 1.19. The lowest BCUT2D eigenvalue weighted by Crippen LogP contribution is -1.96. The van der Waals surface area contributed by atoms with Crippen molar-refractivity contribution in [3.63, 3.8) is 0 Å². The minimum absolute atomic E-state index is 0.271. The van der Waals surface area contributed by atoms with Crippen LogP contribution in [0.2, 0.25) is 5.02 Å². The molecule has 3 rings (SSSR count). The van der Waals surface area contributed by atoms with Crippen LogP contribution in [0.4, 0.5) is 0 Å². The third kappa shape index (κ3) is 2.54. The molecule has 2 aromatic carbocycles. The normalized spacial score (nSPS) is 12.0. The molecule has 0 aliphatic heterocycles. The number of H-pyrrole nitrogens is 1. The number of aromatic amines is 1. The monoisotopic (exact) mass is 320 g/mol. The molecule has 0 saturated heterocycles. The van der Waals surface area contributed by atoms with Gasteiger partial charge in [0.05, 0.1) is 15.9 Å². The molecular formula is C15H13ClN2O2S. The molecule has 0 amide bonds. The zero-order valence-corrected chi connectivity index (χ0v) is 13.1. The van der Waals surface area contributed by atoms with Crippen LogP contribution in [0.3, 0.4) is 0 Å². The molecule has 108 valence electrons. The molecule has 6 heteroatoms. The number of aromatic nitrogens is 2. The number of hydrogen-bond donors (Lipinski definition) is 1. The highest BCUT2D eigenvalue weighted by atomic mass is 35.5. The minimum Gasteiger partial charge on any atom is -0.338 e. The topological polar surface area (TPSA) is 62.8 Å². The van der Waals surface area contributed by atoms with E-state index in [0.717, 1.165) is 16.6 Å². The number of benzene rings is 2. The van der Waals surface area contributed by atoms with Gasteiger partial charge in [0.2, 0.25) is 0 Å². The molecule has 0 aliphatic rings. The summed E-state index contributed by atoms with van der Waals surface area (Å²) in [5.74, 6) is 0.677. The molecule has 0 radical (unpaired) electrons. The summed E-state index contributed by atoms with van der Waals surface area (Å²) >= 11 is 6.13. The van der Waals surface area contributed by atoms with Gasteiger partial charge >= 0.3 is 0 Å². The third-order valence-electron chi connectivity index (χ3n) is 3.40. The van der Waals surface area contributed by atoms with E-state index in [1.807, 2.05) is 25.1 Å². The Kier molecular flexibility index (Phi) is 3.26. The second kappa shape index (κ2) is 4.86. The maximum absolute atomic E-state index is 11.6. The zero-order chi connectivity index (χ0) is 15.2. The van der Waals surface area contributed by atoms with Crippen molar-refractivity contribution in [2.45, 2.75) is 11.8 Å². The first kappa shape index (κ1) is 14.1. The third-order valence-corrected chi connectivity index (χ3v) is 4.92. The van der Waals surface area contributed by atoms with E-state index < -0.39 is 9.84 Å². The van der Waals surface area contributed by atoms with Gasteiger partial charge in [-0.1, -0.05) is 23.7 Å². The van der Waals surface area contributed by atoms with Gasteiger partial charge in [-0.15, -0.1) is 0 Å². The summed E-state index contributed by atoms with van der Waals surface area (Å²) in [4.78, 5) is 7.93. The number of nitrogens with zero attached hydrogens (tertiary/aromatic N) is 1. The van der Waals surface area contributed by atoms with Gasteiger partial charge in [0, 0.05) is 16.8 Å². The molecule has 0 spiro atoms. The quantitative estimate of drug-likeness (QED) is 0.784. The predicted octanol–water partition coefficient (Wildman–Crippen LogP) is 3.60. The number of fused-ring (bicyclic) bond motifs is 1. The predicted molar refractivity (Wildman–Crippen MR) is 84.4 cm³/mol. The van der Waals surface area contributed by atoms with E-state index in [9.17, 15) is 8.42 Å². The van der Waals surface area contributed by atoms with E-state index in [2.05, 4.69) is 9.97 Å². The first-order chi connectivity index (χ1) is 9.86. The first-order valence-electron chi connectivity index (χ1n) is 6.31. The van der Waals surface area contributed by atoms with Gasteiger partial charge in [-0.05, 0) is 36.8 Å². The van der Waals surface area contributed by atoms with Crippen LogP contribution in [0.1, 0.15) is 5.56 Å². The lowest BCUT2D eigenvalue weighted by molar-refractivity contribution is 0.602. The molecule has 0 unspecified atom stereocenters. The van der Waals surface area contributed by atoms with Crippen LogP contribution in [0.5, 0.6) is 0 Å². The summed E-state index contributed by atoms with van der Waals surface area (Å²) in [5, 5.41) is 0.671. The fourth-order valence-corrected chi connectivity index (χ4v) is 3.03. The van der Waals surface area contributed by atoms with Crippen LogP contribution >= 0.6 is 11.6 Å². The molecular weight excluding hydrogens is 308 g/mol. The van der Waals surface area contributed by atoms with Crippen LogP contribution in [-0.2, 0) is 9.84 Å². The van der Waals surface area contributed by atoms with E-state index in [1.54, 1.807) is 18.2 Å². The lowest BCUT2D eigenvalue weighted by atomic mass is 10.1.